The highest BCUT2D eigenvalue weighted by atomic mass is 16.5. The summed E-state index contributed by atoms with van der Waals surface area (Å²) in [6.45, 7) is 6.41. The van der Waals surface area contributed by atoms with E-state index in [2.05, 4.69) is 28.0 Å². The Balaban J connectivity index is 1.77. The summed E-state index contributed by atoms with van der Waals surface area (Å²) in [5.74, 6) is 1.33. The van der Waals surface area contributed by atoms with E-state index in [0.29, 0.717) is 17.9 Å². The van der Waals surface area contributed by atoms with Gasteiger partial charge < -0.3 is 14.6 Å². The van der Waals surface area contributed by atoms with Crippen molar-refractivity contribution in [2.75, 3.05) is 26.3 Å². The van der Waals surface area contributed by atoms with Crippen LogP contribution in [0, 0.1) is 5.92 Å². The first-order valence-corrected chi connectivity index (χ1v) is 7.16. The number of nitrogens with zero attached hydrogens (tertiary/aromatic N) is 2. The third kappa shape index (κ3) is 2.31. The molecule has 0 bridgehead atoms. The number of nitrogens with one attached hydrogen (secondary N) is 1. The molecule has 0 aromatic carbocycles. The monoisotopic (exact) mass is 249 g/mol. The summed E-state index contributed by atoms with van der Waals surface area (Å²) < 4.78 is 7.92. The fourth-order valence-corrected chi connectivity index (χ4v) is 3.25. The van der Waals surface area contributed by atoms with Crippen LogP contribution in [0.5, 0.6) is 0 Å². The molecular weight excluding hydrogens is 226 g/mol. The molecule has 2 unspecified atom stereocenters. The van der Waals surface area contributed by atoms with Crippen molar-refractivity contribution in [3.05, 3.63) is 18.2 Å². The zero-order chi connectivity index (χ0) is 12.4. The highest BCUT2D eigenvalue weighted by Gasteiger charge is 2.27. The molecule has 100 valence electrons. The van der Waals surface area contributed by atoms with Crippen LogP contribution in [0.15, 0.2) is 12.5 Å². The van der Waals surface area contributed by atoms with Crippen molar-refractivity contribution in [2.45, 2.75) is 38.1 Å². The summed E-state index contributed by atoms with van der Waals surface area (Å²) in [6, 6.07) is 0.514. The summed E-state index contributed by atoms with van der Waals surface area (Å²) in [4.78, 5) is 4.39. The van der Waals surface area contributed by atoms with E-state index in [0.717, 1.165) is 26.3 Å². The van der Waals surface area contributed by atoms with Crippen LogP contribution in [-0.2, 0) is 4.74 Å². The summed E-state index contributed by atoms with van der Waals surface area (Å²) in [5.41, 5.74) is 1.43. The van der Waals surface area contributed by atoms with Gasteiger partial charge in [-0.2, -0.15) is 0 Å². The SMILES string of the molecule is CC(C1CCOC1)n1cncc1C1CCNCC1. The smallest absolute Gasteiger partial charge is 0.0950 e. The van der Waals surface area contributed by atoms with E-state index < -0.39 is 0 Å². The van der Waals surface area contributed by atoms with Gasteiger partial charge in [-0.15, -0.1) is 0 Å². The molecule has 2 saturated heterocycles. The van der Waals surface area contributed by atoms with E-state index in [1.54, 1.807) is 0 Å². The van der Waals surface area contributed by atoms with Gasteiger partial charge in [0.2, 0.25) is 0 Å². The fraction of sp³-hybridized carbons (Fsp3) is 0.786. The summed E-state index contributed by atoms with van der Waals surface area (Å²) in [5, 5.41) is 3.43. The molecule has 1 N–H and O–H groups in total. The van der Waals surface area contributed by atoms with Crippen LogP contribution in [0.4, 0.5) is 0 Å². The first-order chi connectivity index (χ1) is 8.86. The maximum absolute atomic E-state index is 5.52. The lowest BCUT2D eigenvalue weighted by atomic mass is 9.93. The largest absolute Gasteiger partial charge is 0.381 e. The van der Waals surface area contributed by atoms with Crippen molar-refractivity contribution in [3.63, 3.8) is 0 Å². The molecule has 2 aliphatic heterocycles. The van der Waals surface area contributed by atoms with Crippen LogP contribution < -0.4 is 5.32 Å². The maximum atomic E-state index is 5.52. The van der Waals surface area contributed by atoms with Gasteiger partial charge in [-0.1, -0.05) is 0 Å². The molecule has 0 spiro atoms. The quantitative estimate of drug-likeness (QED) is 0.890. The van der Waals surface area contributed by atoms with Crippen molar-refractivity contribution >= 4 is 0 Å². The lowest BCUT2D eigenvalue weighted by molar-refractivity contribution is 0.174. The van der Waals surface area contributed by atoms with Crippen LogP contribution in [0.25, 0.3) is 0 Å². The first kappa shape index (κ1) is 12.2. The van der Waals surface area contributed by atoms with Crippen LogP contribution in [-0.4, -0.2) is 35.9 Å². The molecule has 2 atom stereocenters. The van der Waals surface area contributed by atoms with E-state index >= 15 is 0 Å². The summed E-state index contributed by atoms with van der Waals surface area (Å²) in [6.07, 6.45) is 7.74. The average molecular weight is 249 g/mol. The molecule has 1 aromatic heterocycles. The molecule has 3 rings (SSSR count). The molecule has 4 nitrogen and oxygen atoms in total. The highest BCUT2D eigenvalue weighted by molar-refractivity contribution is 5.09. The van der Waals surface area contributed by atoms with E-state index in [9.17, 15) is 0 Å². The zero-order valence-corrected chi connectivity index (χ0v) is 11.1. The van der Waals surface area contributed by atoms with Crippen molar-refractivity contribution in [1.82, 2.24) is 14.9 Å². The van der Waals surface area contributed by atoms with Crippen molar-refractivity contribution in [3.8, 4) is 0 Å². The second-order valence-corrected chi connectivity index (χ2v) is 5.61. The Labute approximate surface area is 109 Å². The minimum atomic E-state index is 0.514. The molecule has 3 heterocycles. The summed E-state index contributed by atoms with van der Waals surface area (Å²) in [7, 11) is 0. The third-order valence-corrected chi connectivity index (χ3v) is 4.54. The molecule has 4 heteroatoms. The Morgan fingerprint density at radius 2 is 2.22 bits per heavy atom. The number of hydrogen-bond donors (Lipinski definition) is 1. The second-order valence-electron chi connectivity index (χ2n) is 5.61. The van der Waals surface area contributed by atoms with Gasteiger partial charge in [-0.25, -0.2) is 4.98 Å². The normalized spacial score (nSPS) is 27.5. The molecule has 2 fully saturated rings. The molecular formula is C14H23N3O. The van der Waals surface area contributed by atoms with Gasteiger partial charge in [0, 0.05) is 36.4 Å². The topological polar surface area (TPSA) is 39.1 Å². The number of aromatic nitrogens is 2. The molecule has 1 aromatic rings. The number of ether oxygens (including phenoxy) is 1. The van der Waals surface area contributed by atoms with Gasteiger partial charge in [0.05, 0.1) is 12.9 Å². The van der Waals surface area contributed by atoms with Gasteiger partial charge >= 0.3 is 0 Å². The van der Waals surface area contributed by atoms with Gasteiger partial charge in [-0.05, 0) is 39.3 Å². The van der Waals surface area contributed by atoms with Gasteiger partial charge in [-0.3, -0.25) is 0 Å². The van der Waals surface area contributed by atoms with Crippen molar-refractivity contribution in [1.29, 1.82) is 0 Å². The molecule has 2 aliphatic rings. The number of piperidine rings is 1. The van der Waals surface area contributed by atoms with Crippen molar-refractivity contribution in [2.24, 2.45) is 5.92 Å². The second kappa shape index (κ2) is 5.41. The lowest BCUT2D eigenvalue weighted by Gasteiger charge is -2.27. The number of rotatable bonds is 3. The van der Waals surface area contributed by atoms with E-state index in [1.807, 2.05) is 6.33 Å². The van der Waals surface area contributed by atoms with Crippen LogP contribution >= 0.6 is 0 Å². The third-order valence-electron chi connectivity index (χ3n) is 4.54. The molecule has 0 radical (unpaired) electrons. The van der Waals surface area contributed by atoms with Gasteiger partial charge in [0.25, 0.3) is 0 Å². The van der Waals surface area contributed by atoms with Crippen LogP contribution in [0.1, 0.15) is 43.8 Å². The highest BCUT2D eigenvalue weighted by Crippen LogP contribution is 2.31. The van der Waals surface area contributed by atoms with E-state index in [4.69, 9.17) is 4.74 Å². The Morgan fingerprint density at radius 3 is 2.94 bits per heavy atom. The number of imidazole rings is 1. The number of hydrogen-bond acceptors (Lipinski definition) is 3. The van der Waals surface area contributed by atoms with Crippen LogP contribution in [0.2, 0.25) is 0 Å². The molecule has 0 amide bonds. The lowest BCUT2D eigenvalue weighted by Crippen LogP contribution is -2.28. The van der Waals surface area contributed by atoms with Crippen molar-refractivity contribution < 1.29 is 4.74 Å². The molecule has 18 heavy (non-hydrogen) atoms. The maximum Gasteiger partial charge on any atom is 0.0950 e. The Kier molecular flexibility index (Phi) is 3.66. The van der Waals surface area contributed by atoms with E-state index in [-0.39, 0.29) is 0 Å². The Morgan fingerprint density at radius 1 is 1.39 bits per heavy atom. The average Bonchev–Trinajstić information content (AvgIpc) is 3.10. The fourth-order valence-electron chi connectivity index (χ4n) is 3.25. The zero-order valence-electron chi connectivity index (χ0n) is 11.1. The Hall–Kier alpha value is -0.870. The predicted octanol–water partition coefficient (Wildman–Crippen LogP) is 1.95. The minimum absolute atomic E-state index is 0.514. The minimum Gasteiger partial charge on any atom is -0.381 e. The summed E-state index contributed by atoms with van der Waals surface area (Å²) >= 11 is 0. The predicted molar refractivity (Wildman–Crippen MR) is 70.7 cm³/mol. The van der Waals surface area contributed by atoms with E-state index in [1.165, 1.54) is 25.0 Å². The standard InChI is InChI=1S/C14H23N3O/c1-11(13-4-7-18-9-13)17-10-16-8-14(17)12-2-5-15-6-3-12/h8,10-13,15H,2-7,9H2,1H3. The van der Waals surface area contributed by atoms with Gasteiger partial charge in [0.1, 0.15) is 0 Å². The van der Waals surface area contributed by atoms with Crippen LogP contribution in [0.3, 0.4) is 0 Å². The molecule has 0 saturated carbocycles. The van der Waals surface area contributed by atoms with Gasteiger partial charge in [0.15, 0.2) is 0 Å². The Bertz CT molecular complexity index is 378. The molecule has 0 aliphatic carbocycles. The first-order valence-electron chi connectivity index (χ1n) is 7.16.